The van der Waals surface area contributed by atoms with E-state index in [1.54, 1.807) is 6.20 Å². The Hall–Kier alpha value is -1.09. The summed E-state index contributed by atoms with van der Waals surface area (Å²) < 4.78 is 5.75. The number of ether oxygens (including phenoxy) is 1. The molecule has 0 unspecified atom stereocenters. The standard InChI is InChI=1S/C13H20N2O/c1-10(2)16-13-11(6-5-9-15-13)12-7-3-4-8-14-12/h5-6,9-10,12,14H,3-4,7-8H2,1-2H3/t12-/m0/s1. The highest BCUT2D eigenvalue weighted by atomic mass is 16.5. The zero-order chi connectivity index (χ0) is 11.4. The molecule has 1 fully saturated rings. The van der Waals surface area contributed by atoms with Gasteiger partial charge in [0.1, 0.15) is 0 Å². The van der Waals surface area contributed by atoms with Crippen LogP contribution in [0.4, 0.5) is 0 Å². The Kier molecular flexibility index (Phi) is 3.78. The largest absolute Gasteiger partial charge is 0.475 e. The molecule has 3 nitrogen and oxygen atoms in total. The molecule has 1 aromatic heterocycles. The average molecular weight is 220 g/mol. The van der Waals surface area contributed by atoms with Crippen LogP contribution < -0.4 is 10.1 Å². The van der Waals surface area contributed by atoms with Gasteiger partial charge in [-0.2, -0.15) is 0 Å². The monoisotopic (exact) mass is 220 g/mol. The summed E-state index contributed by atoms with van der Waals surface area (Å²) in [5.41, 5.74) is 1.20. The molecule has 1 atom stereocenters. The first-order valence-corrected chi connectivity index (χ1v) is 6.12. The highest BCUT2D eigenvalue weighted by Crippen LogP contribution is 2.29. The summed E-state index contributed by atoms with van der Waals surface area (Å²) in [7, 11) is 0. The number of nitrogens with one attached hydrogen (secondary N) is 1. The highest BCUT2D eigenvalue weighted by molar-refractivity contribution is 5.29. The molecule has 0 aromatic carbocycles. The zero-order valence-electron chi connectivity index (χ0n) is 10.1. The van der Waals surface area contributed by atoms with Gasteiger partial charge in [0.2, 0.25) is 5.88 Å². The summed E-state index contributed by atoms with van der Waals surface area (Å²) in [6.07, 6.45) is 5.71. The van der Waals surface area contributed by atoms with E-state index in [0.717, 1.165) is 12.4 Å². The molecule has 2 heterocycles. The maximum absolute atomic E-state index is 5.75. The fourth-order valence-electron chi connectivity index (χ4n) is 2.11. The molecule has 1 N–H and O–H groups in total. The minimum Gasteiger partial charge on any atom is -0.475 e. The van der Waals surface area contributed by atoms with Crippen molar-refractivity contribution in [1.29, 1.82) is 0 Å². The molecule has 16 heavy (non-hydrogen) atoms. The van der Waals surface area contributed by atoms with Crippen molar-refractivity contribution in [2.45, 2.75) is 45.3 Å². The normalized spacial score (nSPS) is 21.1. The van der Waals surface area contributed by atoms with Gasteiger partial charge in [-0.3, -0.25) is 0 Å². The van der Waals surface area contributed by atoms with Gasteiger partial charge in [-0.1, -0.05) is 12.5 Å². The molecule has 88 valence electrons. The maximum atomic E-state index is 5.75. The molecule has 0 radical (unpaired) electrons. The molecule has 0 bridgehead atoms. The van der Waals surface area contributed by atoms with Gasteiger partial charge in [-0.15, -0.1) is 0 Å². The van der Waals surface area contributed by atoms with Gasteiger partial charge in [0.15, 0.2) is 0 Å². The number of hydrogen-bond donors (Lipinski definition) is 1. The fourth-order valence-corrected chi connectivity index (χ4v) is 2.11. The number of hydrogen-bond acceptors (Lipinski definition) is 3. The first-order chi connectivity index (χ1) is 7.77. The summed E-state index contributed by atoms with van der Waals surface area (Å²) in [6.45, 7) is 5.17. The summed E-state index contributed by atoms with van der Waals surface area (Å²) in [6, 6.07) is 4.52. The van der Waals surface area contributed by atoms with Crippen LogP contribution in [0.2, 0.25) is 0 Å². The molecule has 1 aromatic rings. The molecule has 1 saturated heterocycles. The van der Waals surface area contributed by atoms with Gasteiger partial charge < -0.3 is 10.1 Å². The number of aromatic nitrogens is 1. The molecule has 0 saturated carbocycles. The van der Waals surface area contributed by atoms with E-state index in [9.17, 15) is 0 Å². The predicted octanol–water partition coefficient (Wildman–Crippen LogP) is 2.68. The highest BCUT2D eigenvalue weighted by Gasteiger charge is 2.19. The van der Waals surface area contributed by atoms with E-state index in [4.69, 9.17) is 4.74 Å². The topological polar surface area (TPSA) is 34.1 Å². The average Bonchev–Trinajstić information content (AvgIpc) is 2.30. The van der Waals surface area contributed by atoms with Crippen molar-refractivity contribution in [3.05, 3.63) is 23.9 Å². The summed E-state index contributed by atoms with van der Waals surface area (Å²) in [5, 5.41) is 3.53. The van der Waals surface area contributed by atoms with Crippen molar-refractivity contribution in [2.24, 2.45) is 0 Å². The molecular formula is C13H20N2O. The molecule has 2 rings (SSSR count). The number of piperidine rings is 1. The van der Waals surface area contributed by atoms with Crippen LogP contribution in [0.25, 0.3) is 0 Å². The summed E-state index contributed by atoms with van der Waals surface area (Å²) >= 11 is 0. The lowest BCUT2D eigenvalue weighted by molar-refractivity contribution is 0.226. The van der Waals surface area contributed by atoms with Crippen molar-refractivity contribution in [2.75, 3.05) is 6.54 Å². The van der Waals surface area contributed by atoms with Gasteiger partial charge in [0.05, 0.1) is 6.10 Å². The smallest absolute Gasteiger partial charge is 0.218 e. The Morgan fingerprint density at radius 3 is 3.00 bits per heavy atom. The number of nitrogens with zero attached hydrogens (tertiary/aromatic N) is 1. The second-order valence-electron chi connectivity index (χ2n) is 4.57. The van der Waals surface area contributed by atoms with E-state index in [1.807, 2.05) is 19.9 Å². The van der Waals surface area contributed by atoms with E-state index in [2.05, 4.69) is 16.4 Å². The van der Waals surface area contributed by atoms with Gasteiger partial charge in [0, 0.05) is 17.8 Å². The lowest BCUT2D eigenvalue weighted by Crippen LogP contribution is -2.27. The second-order valence-corrected chi connectivity index (χ2v) is 4.57. The van der Waals surface area contributed by atoms with Crippen molar-refractivity contribution in [1.82, 2.24) is 10.3 Å². The van der Waals surface area contributed by atoms with E-state index < -0.39 is 0 Å². The van der Waals surface area contributed by atoms with E-state index in [0.29, 0.717) is 6.04 Å². The Bertz CT molecular complexity index is 332. The van der Waals surface area contributed by atoms with Crippen LogP contribution in [0.5, 0.6) is 5.88 Å². The summed E-state index contributed by atoms with van der Waals surface area (Å²) in [5.74, 6) is 0.789. The Balaban J connectivity index is 2.17. The van der Waals surface area contributed by atoms with E-state index >= 15 is 0 Å². The molecule has 0 spiro atoms. The molecule has 0 amide bonds. The lowest BCUT2D eigenvalue weighted by atomic mass is 9.98. The van der Waals surface area contributed by atoms with E-state index in [-0.39, 0.29) is 6.10 Å². The van der Waals surface area contributed by atoms with Gasteiger partial charge >= 0.3 is 0 Å². The van der Waals surface area contributed by atoms with E-state index in [1.165, 1.54) is 24.8 Å². The minimum absolute atomic E-state index is 0.178. The molecule has 1 aliphatic rings. The summed E-state index contributed by atoms with van der Waals surface area (Å²) in [4.78, 5) is 4.33. The Labute approximate surface area is 97.2 Å². The van der Waals surface area contributed by atoms with Gasteiger partial charge in [-0.25, -0.2) is 4.98 Å². The number of rotatable bonds is 3. The minimum atomic E-state index is 0.178. The van der Waals surface area contributed by atoms with Crippen LogP contribution in [0, 0.1) is 0 Å². The first kappa shape index (κ1) is 11.4. The van der Waals surface area contributed by atoms with Crippen LogP contribution >= 0.6 is 0 Å². The van der Waals surface area contributed by atoms with Crippen molar-refractivity contribution in [3.63, 3.8) is 0 Å². The SMILES string of the molecule is CC(C)Oc1ncccc1[C@@H]1CCCCN1. The third-order valence-electron chi connectivity index (χ3n) is 2.83. The van der Waals surface area contributed by atoms with Crippen LogP contribution in [-0.2, 0) is 0 Å². The lowest BCUT2D eigenvalue weighted by Gasteiger charge is -2.25. The van der Waals surface area contributed by atoms with Crippen molar-refractivity contribution < 1.29 is 4.74 Å². The molecule has 3 heteroatoms. The molecule has 1 aliphatic heterocycles. The first-order valence-electron chi connectivity index (χ1n) is 6.12. The second kappa shape index (κ2) is 5.30. The predicted molar refractivity (Wildman–Crippen MR) is 64.6 cm³/mol. The van der Waals surface area contributed by atoms with Gasteiger partial charge in [0.25, 0.3) is 0 Å². The zero-order valence-corrected chi connectivity index (χ0v) is 10.1. The van der Waals surface area contributed by atoms with Crippen LogP contribution in [0.15, 0.2) is 18.3 Å². The molecular weight excluding hydrogens is 200 g/mol. The Morgan fingerprint density at radius 1 is 1.44 bits per heavy atom. The quantitative estimate of drug-likeness (QED) is 0.850. The van der Waals surface area contributed by atoms with Crippen LogP contribution in [-0.4, -0.2) is 17.6 Å². The third-order valence-corrected chi connectivity index (χ3v) is 2.83. The Morgan fingerprint density at radius 2 is 2.31 bits per heavy atom. The van der Waals surface area contributed by atoms with Crippen LogP contribution in [0.1, 0.15) is 44.7 Å². The number of pyridine rings is 1. The molecule has 0 aliphatic carbocycles. The maximum Gasteiger partial charge on any atom is 0.218 e. The third kappa shape index (κ3) is 2.73. The van der Waals surface area contributed by atoms with Crippen molar-refractivity contribution >= 4 is 0 Å². The van der Waals surface area contributed by atoms with Crippen molar-refractivity contribution in [3.8, 4) is 5.88 Å². The van der Waals surface area contributed by atoms with Gasteiger partial charge in [-0.05, 0) is 39.3 Å². The fraction of sp³-hybridized carbons (Fsp3) is 0.615. The van der Waals surface area contributed by atoms with Crippen LogP contribution in [0.3, 0.4) is 0 Å².